The minimum absolute atomic E-state index is 0.197. The van der Waals surface area contributed by atoms with Crippen LogP contribution in [-0.4, -0.2) is 0 Å². The van der Waals surface area contributed by atoms with E-state index in [0.717, 1.165) is 12.3 Å². The molecule has 37 heavy (non-hydrogen) atoms. The van der Waals surface area contributed by atoms with E-state index in [1.165, 1.54) is 24.0 Å². The molecule has 6 aliphatic carbocycles. The standard InChI is InChI=1S/C37H46/c1-6-7-12-25(22-33-29-15-10-8-13-27(29)28-14-9-11-16-30(28)33)36-34-21-24(2)17-19-31(34)32-20-18-26(23-35(32)36)37(3,4)5/h6,8-11,13-21,23,25,27-36H,1,7,12,22H2,2-5H3. The van der Waals surface area contributed by atoms with Gasteiger partial charge in [0.1, 0.15) is 0 Å². The second-order valence-corrected chi connectivity index (χ2v) is 13.8. The van der Waals surface area contributed by atoms with Gasteiger partial charge < -0.3 is 0 Å². The highest BCUT2D eigenvalue weighted by Gasteiger charge is 2.53. The summed E-state index contributed by atoms with van der Waals surface area (Å²) in [5.41, 5.74) is 3.19. The molecule has 0 bridgehead atoms. The van der Waals surface area contributed by atoms with Gasteiger partial charge in [0.05, 0.1) is 0 Å². The maximum Gasteiger partial charge on any atom is -0.00953 e. The molecule has 194 valence electrons. The molecule has 0 radical (unpaired) electrons. The Hall–Kier alpha value is -2.34. The molecule has 0 nitrogen and oxygen atoms in total. The van der Waals surface area contributed by atoms with Crippen molar-refractivity contribution in [3.8, 4) is 0 Å². The molecule has 0 aliphatic heterocycles. The highest BCUT2D eigenvalue weighted by Crippen LogP contribution is 2.60. The lowest BCUT2D eigenvalue weighted by Crippen LogP contribution is -2.30. The summed E-state index contributed by atoms with van der Waals surface area (Å²) >= 11 is 0. The van der Waals surface area contributed by atoms with Crippen molar-refractivity contribution in [3.63, 3.8) is 0 Å². The number of allylic oxidation sites excluding steroid dienone is 17. The highest BCUT2D eigenvalue weighted by atomic mass is 14.6. The SMILES string of the molecule is C=CCCC(CC1C2C=CC=CC2C2C=CC=CC21)C1C2C=C(C)C=CC2C2C=CC(C(C)(C)C)=CC21. The molecule has 6 rings (SSSR count). The van der Waals surface area contributed by atoms with Crippen LogP contribution in [-0.2, 0) is 0 Å². The van der Waals surface area contributed by atoms with Crippen LogP contribution < -0.4 is 0 Å². The Balaban J connectivity index is 1.38. The zero-order valence-corrected chi connectivity index (χ0v) is 23.3. The van der Waals surface area contributed by atoms with Crippen LogP contribution in [0.4, 0.5) is 0 Å². The molecule has 0 N–H and O–H groups in total. The van der Waals surface area contributed by atoms with Crippen LogP contribution in [0.2, 0.25) is 0 Å². The van der Waals surface area contributed by atoms with E-state index in [-0.39, 0.29) is 5.41 Å². The number of fused-ring (bicyclic) bond motifs is 6. The molecule has 0 aromatic carbocycles. The van der Waals surface area contributed by atoms with Gasteiger partial charge in [0, 0.05) is 0 Å². The fraction of sp³-hybridized carbons (Fsp3) is 0.514. The average molecular weight is 491 g/mol. The molecule has 6 aliphatic rings. The predicted octanol–water partition coefficient (Wildman–Crippen LogP) is 9.46. The zero-order valence-electron chi connectivity index (χ0n) is 23.3. The lowest BCUT2D eigenvalue weighted by Gasteiger charge is -2.38. The van der Waals surface area contributed by atoms with E-state index in [9.17, 15) is 0 Å². The first-order valence-corrected chi connectivity index (χ1v) is 14.9. The third-order valence-electron chi connectivity index (χ3n) is 10.7. The number of hydrogen-bond donors (Lipinski definition) is 0. The van der Waals surface area contributed by atoms with Crippen molar-refractivity contribution in [2.75, 3.05) is 0 Å². The first-order chi connectivity index (χ1) is 17.9. The topological polar surface area (TPSA) is 0 Å². The van der Waals surface area contributed by atoms with Crippen molar-refractivity contribution in [1.82, 2.24) is 0 Å². The van der Waals surface area contributed by atoms with Gasteiger partial charge in [-0.15, -0.1) is 6.58 Å². The smallest absolute Gasteiger partial charge is 0.00953 e. The van der Waals surface area contributed by atoms with Crippen molar-refractivity contribution in [2.45, 2.75) is 47.0 Å². The van der Waals surface area contributed by atoms with Gasteiger partial charge in [-0.2, -0.15) is 0 Å². The molecule has 10 unspecified atom stereocenters. The second-order valence-electron chi connectivity index (χ2n) is 13.8. The Morgan fingerprint density at radius 3 is 1.86 bits per heavy atom. The van der Waals surface area contributed by atoms with Gasteiger partial charge in [-0.3, -0.25) is 0 Å². The maximum atomic E-state index is 4.15. The molecule has 0 saturated heterocycles. The minimum Gasteiger partial charge on any atom is -0.103 e. The molecule has 0 heterocycles. The Kier molecular flexibility index (Phi) is 6.58. The van der Waals surface area contributed by atoms with Gasteiger partial charge in [-0.1, -0.05) is 117 Å². The van der Waals surface area contributed by atoms with E-state index in [0.29, 0.717) is 59.2 Å². The van der Waals surface area contributed by atoms with E-state index in [1.807, 2.05) is 0 Å². The van der Waals surface area contributed by atoms with Crippen LogP contribution >= 0.6 is 0 Å². The molecule has 0 aromatic rings. The van der Waals surface area contributed by atoms with Gasteiger partial charge >= 0.3 is 0 Å². The molecular weight excluding hydrogens is 444 g/mol. The van der Waals surface area contributed by atoms with Crippen LogP contribution in [0.5, 0.6) is 0 Å². The van der Waals surface area contributed by atoms with E-state index >= 15 is 0 Å². The largest absolute Gasteiger partial charge is 0.103 e. The summed E-state index contributed by atoms with van der Waals surface area (Å²) in [4.78, 5) is 0. The summed E-state index contributed by atoms with van der Waals surface area (Å²) in [6.07, 6.45) is 40.6. The third-order valence-corrected chi connectivity index (χ3v) is 10.7. The Morgan fingerprint density at radius 1 is 0.730 bits per heavy atom. The number of rotatable bonds is 6. The third kappa shape index (κ3) is 4.39. The summed E-state index contributed by atoms with van der Waals surface area (Å²) in [6.45, 7) is 13.6. The first-order valence-electron chi connectivity index (χ1n) is 14.9. The predicted molar refractivity (Wildman–Crippen MR) is 159 cm³/mol. The summed E-state index contributed by atoms with van der Waals surface area (Å²) in [7, 11) is 0. The van der Waals surface area contributed by atoms with Gasteiger partial charge in [0.25, 0.3) is 0 Å². The lowest BCUT2D eigenvalue weighted by molar-refractivity contribution is 0.169. The fourth-order valence-electron chi connectivity index (χ4n) is 9.10. The lowest BCUT2D eigenvalue weighted by atomic mass is 9.67. The van der Waals surface area contributed by atoms with Crippen LogP contribution in [0.25, 0.3) is 0 Å². The van der Waals surface area contributed by atoms with Crippen LogP contribution in [0, 0.1) is 70.5 Å². The minimum atomic E-state index is 0.197. The summed E-state index contributed by atoms with van der Waals surface area (Å²) in [5, 5.41) is 0. The average Bonchev–Trinajstić information content (AvgIpc) is 3.38. The quantitative estimate of drug-likeness (QED) is 0.325. The van der Waals surface area contributed by atoms with Crippen LogP contribution in [0.15, 0.2) is 109 Å². The molecular formula is C37H46. The van der Waals surface area contributed by atoms with E-state index < -0.39 is 0 Å². The summed E-state index contributed by atoms with van der Waals surface area (Å²) in [6, 6.07) is 0. The van der Waals surface area contributed by atoms with E-state index in [1.54, 1.807) is 0 Å². The second kappa shape index (κ2) is 9.76. The van der Waals surface area contributed by atoms with Crippen LogP contribution in [0.1, 0.15) is 47.0 Å². The molecule has 10 atom stereocenters. The maximum absolute atomic E-state index is 4.15. The Morgan fingerprint density at radius 2 is 1.27 bits per heavy atom. The monoisotopic (exact) mass is 490 g/mol. The van der Waals surface area contributed by atoms with E-state index in [4.69, 9.17) is 0 Å². The molecule has 0 amide bonds. The normalized spacial score (nSPS) is 41.5. The zero-order chi connectivity index (χ0) is 25.7. The highest BCUT2D eigenvalue weighted by molar-refractivity contribution is 5.37. The summed E-state index contributed by atoms with van der Waals surface area (Å²) in [5.74, 6) is 7.33. The summed E-state index contributed by atoms with van der Waals surface area (Å²) < 4.78 is 0. The molecule has 0 spiro atoms. The van der Waals surface area contributed by atoms with Gasteiger partial charge in [-0.05, 0) is 102 Å². The first kappa shape index (κ1) is 25.0. The van der Waals surface area contributed by atoms with E-state index in [2.05, 4.69) is 125 Å². The Labute approximate surface area is 226 Å². The fourth-order valence-corrected chi connectivity index (χ4v) is 9.10. The molecule has 0 aromatic heterocycles. The number of hydrogen-bond acceptors (Lipinski definition) is 0. The van der Waals surface area contributed by atoms with Gasteiger partial charge in [-0.25, -0.2) is 0 Å². The van der Waals surface area contributed by atoms with Crippen LogP contribution in [0.3, 0.4) is 0 Å². The van der Waals surface area contributed by atoms with Crippen molar-refractivity contribution in [2.24, 2.45) is 70.5 Å². The van der Waals surface area contributed by atoms with Crippen molar-refractivity contribution >= 4 is 0 Å². The van der Waals surface area contributed by atoms with Crippen molar-refractivity contribution in [1.29, 1.82) is 0 Å². The Bertz CT molecular complexity index is 1100. The molecule has 0 heteroatoms. The molecule has 2 fully saturated rings. The molecule has 2 saturated carbocycles. The van der Waals surface area contributed by atoms with Gasteiger partial charge in [0.15, 0.2) is 0 Å². The van der Waals surface area contributed by atoms with Crippen molar-refractivity contribution in [3.05, 3.63) is 109 Å². The van der Waals surface area contributed by atoms with Crippen molar-refractivity contribution < 1.29 is 0 Å². The van der Waals surface area contributed by atoms with Gasteiger partial charge in [0.2, 0.25) is 0 Å².